The molecule has 3 nitrogen and oxygen atoms in total. The van der Waals surface area contributed by atoms with Crippen LogP contribution in [0.4, 0.5) is 4.39 Å². The number of amides is 1. The molecule has 1 amide bonds. The molecule has 2 rings (SSSR count). The van der Waals surface area contributed by atoms with Crippen molar-refractivity contribution in [3.05, 3.63) is 44.0 Å². The maximum absolute atomic E-state index is 12.7. The van der Waals surface area contributed by atoms with Gasteiger partial charge in [0.1, 0.15) is 0 Å². The molecule has 0 saturated carbocycles. The summed E-state index contributed by atoms with van der Waals surface area (Å²) in [6, 6.07) is 6.67. The number of nitrogens with one attached hydrogen (secondary N) is 1. The fraction of sp³-hybridized carbons (Fsp3) is 0.167. The van der Waals surface area contributed by atoms with E-state index in [1.54, 1.807) is 12.1 Å². The average Bonchev–Trinajstić information content (AvgIpc) is 2.98. The quantitative estimate of drug-likeness (QED) is 0.678. The highest BCUT2D eigenvalue weighted by Crippen LogP contribution is 2.16. The van der Waals surface area contributed by atoms with Crippen molar-refractivity contribution in [3.63, 3.8) is 0 Å². The SMILES string of the molecule is CCc1ccc(C(=O)N/N=C/c2ccc(F)s2)s1. The Balaban J connectivity index is 1.93. The van der Waals surface area contributed by atoms with Crippen LogP contribution >= 0.6 is 22.7 Å². The van der Waals surface area contributed by atoms with Crippen molar-refractivity contribution in [1.82, 2.24) is 5.43 Å². The van der Waals surface area contributed by atoms with E-state index in [-0.39, 0.29) is 11.0 Å². The lowest BCUT2D eigenvalue weighted by Crippen LogP contribution is -2.15. The van der Waals surface area contributed by atoms with Gasteiger partial charge in [-0.1, -0.05) is 6.92 Å². The van der Waals surface area contributed by atoms with E-state index in [2.05, 4.69) is 10.5 Å². The zero-order valence-electron chi connectivity index (χ0n) is 9.64. The molecule has 2 heterocycles. The van der Waals surface area contributed by atoms with Gasteiger partial charge in [0.05, 0.1) is 16.0 Å². The number of aryl methyl sites for hydroxylation is 1. The van der Waals surface area contributed by atoms with Gasteiger partial charge in [-0.15, -0.1) is 22.7 Å². The fourth-order valence-corrected chi connectivity index (χ4v) is 2.74. The lowest BCUT2D eigenvalue weighted by Gasteiger charge is -1.94. The molecule has 6 heteroatoms. The molecule has 2 aromatic heterocycles. The summed E-state index contributed by atoms with van der Waals surface area (Å²) in [5, 5.41) is 3.52. The van der Waals surface area contributed by atoms with Gasteiger partial charge in [-0.05, 0) is 30.7 Å². The molecule has 0 aromatic carbocycles. The second-order valence-electron chi connectivity index (χ2n) is 3.46. The van der Waals surface area contributed by atoms with Crippen LogP contribution in [0.25, 0.3) is 0 Å². The summed E-state index contributed by atoms with van der Waals surface area (Å²) in [7, 11) is 0. The van der Waals surface area contributed by atoms with Crippen molar-refractivity contribution in [3.8, 4) is 0 Å². The lowest BCUT2D eigenvalue weighted by atomic mass is 10.3. The predicted octanol–water partition coefficient (Wildman–Crippen LogP) is 3.28. The summed E-state index contributed by atoms with van der Waals surface area (Å²) in [5.41, 5.74) is 2.42. The van der Waals surface area contributed by atoms with E-state index in [1.165, 1.54) is 23.6 Å². The first kappa shape index (κ1) is 12.9. The second kappa shape index (κ2) is 5.88. The molecule has 0 aliphatic carbocycles. The Morgan fingerprint density at radius 3 is 2.83 bits per heavy atom. The van der Waals surface area contributed by atoms with Crippen molar-refractivity contribution < 1.29 is 9.18 Å². The van der Waals surface area contributed by atoms with Crippen molar-refractivity contribution >= 4 is 34.8 Å². The minimum atomic E-state index is -0.270. The third-order valence-corrected chi connectivity index (χ3v) is 4.22. The van der Waals surface area contributed by atoms with Gasteiger partial charge in [-0.3, -0.25) is 4.79 Å². The zero-order valence-corrected chi connectivity index (χ0v) is 11.3. The highest BCUT2D eigenvalue weighted by molar-refractivity contribution is 7.14. The van der Waals surface area contributed by atoms with Crippen LogP contribution in [-0.4, -0.2) is 12.1 Å². The molecule has 0 unspecified atom stereocenters. The van der Waals surface area contributed by atoms with E-state index in [1.807, 2.05) is 13.0 Å². The third-order valence-electron chi connectivity index (χ3n) is 2.19. The summed E-state index contributed by atoms with van der Waals surface area (Å²) >= 11 is 2.43. The minimum absolute atomic E-state index is 0.243. The van der Waals surface area contributed by atoms with Crippen LogP contribution in [0.2, 0.25) is 0 Å². The highest BCUT2D eigenvalue weighted by atomic mass is 32.1. The van der Waals surface area contributed by atoms with Gasteiger partial charge in [-0.2, -0.15) is 9.49 Å². The average molecular weight is 282 g/mol. The summed E-state index contributed by atoms with van der Waals surface area (Å²) < 4.78 is 12.7. The normalized spacial score (nSPS) is 11.0. The van der Waals surface area contributed by atoms with Crippen LogP contribution in [0.5, 0.6) is 0 Å². The Kier molecular flexibility index (Phi) is 4.22. The number of carbonyl (C=O) groups is 1. The predicted molar refractivity (Wildman–Crippen MR) is 73.0 cm³/mol. The van der Waals surface area contributed by atoms with E-state index >= 15 is 0 Å². The molecule has 0 radical (unpaired) electrons. The summed E-state index contributed by atoms with van der Waals surface area (Å²) in [6.45, 7) is 2.04. The van der Waals surface area contributed by atoms with Crippen LogP contribution in [0, 0.1) is 5.13 Å². The van der Waals surface area contributed by atoms with E-state index in [0.717, 1.165) is 22.6 Å². The molecule has 0 aliphatic rings. The monoisotopic (exact) mass is 282 g/mol. The van der Waals surface area contributed by atoms with Gasteiger partial charge >= 0.3 is 0 Å². The number of halogens is 1. The largest absolute Gasteiger partial charge is 0.281 e. The smallest absolute Gasteiger partial charge is 0.266 e. The fourth-order valence-electron chi connectivity index (χ4n) is 1.30. The number of nitrogens with zero attached hydrogens (tertiary/aromatic N) is 1. The van der Waals surface area contributed by atoms with E-state index < -0.39 is 0 Å². The van der Waals surface area contributed by atoms with Crippen LogP contribution < -0.4 is 5.43 Å². The number of hydrogen-bond acceptors (Lipinski definition) is 4. The van der Waals surface area contributed by atoms with Gasteiger partial charge in [-0.25, -0.2) is 5.43 Å². The van der Waals surface area contributed by atoms with Crippen molar-refractivity contribution in [2.75, 3.05) is 0 Å². The van der Waals surface area contributed by atoms with Crippen molar-refractivity contribution in [2.45, 2.75) is 13.3 Å². The molecular weight excluding hydrogens is 271 g/mol. The molecular formula is C12H11FN2OS2. The molecule has 18 heavy (non-hydrogen) atoms. The molecule has 0 atom stereocenters. The maximum atomic E-state index is 12.7. The van der Waals surface area contributed by atoms with E-state index in [0.29, 0.717) is 9.75 Å². The zero-order chi connectivity index (χ0) is 13.0. The van der Waals surface area contributed by atoms with Gasteiger partial charge in [0.25, 0.3) is 5.91 Å². The Labute approximate surface area is 112 Å². The molecule has 0 spiro atoms. The number of carbonyl (C=O) groups excluding carboxylic acids is 1. The summed E-state index contributed by atoms with van der Waals surface area (Å²) in [6.07, 6.45) is 2.34. The molecule has 0 saturated heterocycles. The number of hydrazone groups is 1. The molecule has 0 bridgehead atoms. The number of thiophene rings is 2. The lowest BCUT2D eigenvalue weighted by molar-refractivity contribution is 0.0959. The third kappa shape index (κ3) is 3.24. The van der Waals surface area contributed by atoms with E-state index in [4.69, 9.17) is 0 Å². The number of rotatable bonds is 4. The van der Waals surface area contributed by atoms with E-state index in [9.17, 15) is 9.18 Å². The number of hydrogen-bond donors (Lipinski definition) is 1. The van der Waals surface area contributed by atoms with Crippen LogP contribution in [-0.2, 0) is 6.42 Å². The summed E-state index contributed by atoms with van der Waals surface area (Å²) in [5.74, 6) is -0.243. The van der Waals surface area contributed by atoms with Gasteiger partial charge in [0, 0.05) is 4.88 Å². The molecule has 94 valence electrons. The topological polar surface area (TPSA) is 41.5 Å². The van der Waals surface area contributed by atoms with Crippen LogP contribution in [0.15, 0.2) is 29.4 Å². The standard InChI is InChI=1S/C12H11FN2OS2/c1-2-8-3-5-10(17-8)12(16)15-14-7-9-4-6-11(13)18-9/h3-7H,2H2,1H3,(H,15,16)/b14-7+. The first-order valence-electron chi connectivity index (χ1n) is 5.36. The summed E-state index contributed by atoms with van der Waals surface area (Å²) in [4.78, 5) is 14.1. The molecule has 0 aliphatic heterocycles. The first-order chi connectivity index (χ1) is 8.69. The minimum Gasteiger partial charge on any atom is -0.266 e. The maximum Gasteiger partial charge on any atom is 0.281 e. The highest BCUT2D eigenvalue weighted by Gasteiger charge is 2.07. The Hall–Kier alpha value is -1.53. The van der Waals surface area contributed by atoms with Crippen LogP contribution in [0.3, 0.4) is 0 Å². The van der Waals surface area contributed by atoms with Crippen molar-refractivity contribution in [2.24, 2.45) is 5.10 Å². The Morgan fingerprint density at radius 2 is 2.22 bits per heavy atom. The second-order valence-corrected chi connectivity index (χ2v) is 5.69. The molecule has 0 fully saturated rings. The van der Waals surface area contributed by atoms with Gasteiger partial charge < -0.3 is 0 Å². The Morgan fingerprint density at radius 1 is 1.39 bits per heavy atom. The van der Waals surface area contributed by atoms with Crippen LogP contribution in [0.1, 0.15) is 26.3 Å². The Bertz CT molecular complexity index is 574. The van der Waals surface area contributed by atoms with Crippen molar-refractivity contribution in [1.29, 1.82) is 0 Å². The molecule has 2 aromatic rings. The molecule has 1 N–H and O–H groups in total. The van der Waals surface area contributed by atoms with Gasteiger partial charge in [0.2, 0.25) is 0 Å². The first-order valence-corrected chi connectivity index (χ1v) is 7.00. The van der Waals surface area contributed by atoms with Gasteiger partial charge in [0.15, 0.2) is 5.13 Å².